The van der Waals surface area contributed by atoms with Gasteiger partial charge in [-0.25, -0.2) is 0 Å². The van der Waals surface area contributed by atoms with Gasteiger partial charge in [0.15, 0.2) is 6.10 Å². The lowest BCUT2D eigenvalue weighted by Gasteiger charge is -2.37. The van der Waals surface area contributed by atoms with E-state index in [-0.39, 0.29) is 18.4 Å². The molecule has 29 heavy (non-hydrogen) atoms. The van der Waals surface area contributed by atoms with Crippen LogP contribution >= 0.6 is 11.8 Å². The topological polar surface area (TPSA) is 49.9 Å². The highest BCUT2D eigenvalue weighted by Crippen LogP contribution is 2.34. The highest BCUT2D eigenvalue weighted by atomic mass is 32.2. The molecule has 2 aliphatic rings. The molecular weight excluding hydrogens is 384 g/mol. The average molecular weight is 411 g/mol. The fourth-order valence-electron chi connectivity index (χ4n) is 3.77. The van der Waals surface area contributed by atoms with E-state index in [1.165, 1.54) is 23.7 Å². The van der Waals surface area contributed by atoms with Gasteiger partial charge in [-0.2, -0.15) is 0 Å². The molecule has 2 heterocycles. The van der Waals surface area contributed by atoms with Gasteiger partial charge in [-0.1, -0.05) is 29.8 Å². The number of likely N-dealkylation sites (tertiary alicyclic amines) is 1. The van der Waals surface area contributed by atoms with Crippen molar-refractivity contribution in [2.45, 2.75) is 37.2 Å². The van der Waals surface area contributed by atoms with Crippen LogP contribution in [0.3, 0.4) is 0 Å². The molecule has 0 radical (unpaired) electrons. The number of hydrogen-bond donors (Lipinski definition) is 0. The lowest BCUT2D eigenvalue weighted by Crippen LogP contribution is -2.53. The van der Waals surface area contributed by atoms with E-state index in [0.29, 0.717) is 11.5 Å². The third-order valence-corrected chi connectivity index (χ3v) is 6.40. The van der Waals surface area contributed by atoms with Crippen LogP contribution in [0.1, 0.15) is 24.8 Å². The summed E-state index contributed by atoms with van der Waals surface area (Å²) in [5.41, 5.74) is 1.94. The first kappa shape index (κ1) is 19.8. The van der Waals surface area contributed by atoms with Gasteiger partial charge in [-0.15, -0.1) is 11.8 Å². The van der Waals surface area contributed by atoms with Crippen LogP contribution < -0.4 is 9.64 Å². The number of para-hydroxylation sites is 2. The largest absolute Gasteiger partial charge is 0.476 e. The van der Waals surface area contributed by atoms with Crippen molar-refractivity contribution in [3.8, 4) is 5.75 Å². The standard InChI is InChI=1S/C23H26N2O3S/c1-17-9-11-18(12-10-17)29-16-22(26)25-15-21(23(27)24-13-5-2-6-14-24)28-20-8-4-3-7-19(20)25/h3-4,7-12,21H,2,5-6,13-16H2,1H3/t21-/m0/s1. The molecule has 2 aromatic rings. The number of piperidine rings is 1. The molecule has 0 spiro atoms. The summed E-state index contributed by atoms with van der Waals surface area (Å²) in [6.45, 7) is 3.86. The second-order valence-electron chi connectivity index (χ2n) is 7.57. The summed E-state index contributed by atoms with van der Waals surface area (Å²) in [5, 5.41) is 0. The van der Waals surface area contributed by atoms with E-state index in [4.69, 9.17) is 4.74 Å². The minimum atomic E-state index is -0.642. The molecule has 0 aliphatic carbocycles. The Bertz CT molecular complexity index is 878. The Hall–Kier alpha value is -2.47. The fourth-order valence-corrected chi connectivity index (χ4v) is 4.55. The van der Waals surface area contributed by atoms with E-state index in [0.717, 1.165) is 36.5 Å². The fraction of sp³-hybridized carbons (Fsp3) is 0.391. The summed E-state index contributed by atoms with van der Waals surface area (Å²) in [7, 11) is 0. The van der Waals surface area contributed by atoms with Gasteiger partial charge in [0, 0.05) is 18.0 Å². The van der Waals surface area contributed by atoms with E-state index >= 15 is 0 Å². The number of ether oxygens (including phenoxy) is 1. The van der Waals surface area contributed by atoms with Crippen LogP contribution in [-0.4, -0.2) is 48.2 Å². The molecule has 0 unspecified atom stereocenters. The van der Waals surface area contributed by atoms with Crippen LogP contribution in [0.5, 0.6) is 5.75 Å². The first-order valence-electron chi connectivity index (χ1n) is 10.2. The predicted octanol–water partition coefficient (Wildman–Crippen LogP) is 3.89. The van der Waals surface area contributed by atoms with Crippen molar-refractivity contribution in [1.82, 2.24) is 4.90 Å². The van der Waals surface area contributed by atoms with E-state index in [1.54, 1.807) is 4.90 Å². The van der Waals surface area contributed by atoms with Gasteiger partial charge in [0.05, 0.1) is 18.0 Å². The number of amides is 2. The molecule has 0 bridgehead atoms. The van der Waals surface area contributed by atoms with E-state index in [9.17, 15) is 9.59 Å². The minimum absolute atomic E-state index is 0.0109. The maximum atomic E-state index is 13.1. The summed E-state index contributed by atoms with van der Waals surface area (Å²) in [4.78, 5) is 30.7. The Morgan fingerprint density at radius 3 is 2.52 bits per heavy atom. The number of anilines is 1. The number of fused-ring (bicyclic) bond motifs is 1. The SMILES string of the molecule is Cc1ccc(SCC(=O)N2C[C@@H](C(=O)N3CCCCC3)Oc3ccccc32)cc1. The van der Waals surface area contributed by atoms with Crippen molar-refractivity contribution in [2.24, 2.45) is 0 Å². The molecule has 1 atom stereocenters. The molecule has 1 fully saturated rings. The molecule has 0 aromatic heterocycles. The van der Waals surface area contributed by atoms with Crippen LogP contribution in [0.15, 0.2) is 53.4 Å². The zero-order valence-corrected chi connectivity index (χ0v) is 17.5. The smallest absolute Gasteiger partial charge is 0.265 e. The number of benzene rings is 2. The quantitative estimate of drug-likeness (QED) is 0.718. The predicted molar refractivity (Wildman–Crippen MR) is 116 cm³/mol. The maximum Gasteiger partial charge on any atom is 0.265 e. The second-order valence-corrected chi connectivity index (χ2v) is 8.61. The zero-order valence-electron chi connectivity index (χ0n) is 16.7. The average Bonchev–Trinajstić information content (AvgIpc) is 2.78. The van der Waals surface area contributed by atoms with Gasteiger partial charge in [0.2, 0.25) is 5.91 Å². The Morgan fingerprint density at radius 2 is 1.76 bits per heavy atom. The van der Waals surface area contributed by atoms with E-state index in [2.05, 4.69) is 0 Å². The van der Waals surface area contributed by atoms with Crippen molar-refractivity contribution in [2.75, 3.05) is 30.3 Å². The van der Waals surface area contributed by atoms with Crippen molar-refractivity contribution < 1.29 is 14.3 Å². The van der Waals surface area contributed by atoms with Crippen molar-refractivity contribution in [3.05, 3.63) is 54.1 Å². The first-order chi connectivity index (χ1) is 14.1. The molecule has 2 amide bonds. The number of hydrogen-bond acceptors (Lipinski definition) is 4. The normalized spacial score (nSPS) is 18.7. The molecule has 2 aliphatic heterocycles. The molecule has 152 valence electrons. The molecule has 5 nitrogen and oxygen atoms in total. The van der Waals surface area contributed by atoms with Gasteiger partial charge < -0.3 is 14.5 Å². The van der Waals surface area contributed by atoms with Crippen molar-refractivity contribution >= 4 is 29.3 Å². The summed E-state index contributed by atoms with van der Waals surface area (Å²) in [6, 6.07) is 15.6. The lowest BCUT2D eigenvalue weighted by molar-refractivity contribution is -0.139. The second kappa shape index (κ2) is 8.91. The summed E-state index contributed by atoms with van der Waals surface area (Å²) in [6.07, 6.45) is 2.59. The highest BCUT2D eigenvalue weighted by molar-refractivity contribution is 8.00. The van der Waals surface area contributed by atoms with Gasteiger partial charge >= 0.3 is 0 Å². The number of rotatable bonds is 4. The molecule has 0 N–H and O–H groups in total. The van der Waals surface area contributed by atoms with E-state index in [1.807, 2.05) is 60.4 Å². The number of thioether (sulfide) groups is 1. The first-order valence-corrected chi connectivity index (χ1v) is 11.1. The molecule has 6 heteroatoms. The summed E-state index contributed by atoms with van der Waals surface area (Å²) in [5.74, 6) is 0.899. The number of carbonyl (C=O) groups excluding carboxylic acids is 2. The Morgan fingerprint density at radius 1 is 1.03 bits per heavy atom. The van der Waals surface area contributed by atoms with Crippen LogP contribution in [0.2, 0.25) is 0 Å². The third kappa shape index (κ3) is 4.58. The van der Waals surface area contributed by atoms with Crippen molar-refractivity contribution in [1.29, 1.82) is 0 Å². The van der Waals surface area contributed by atoms with Crippen LogP contribution in [0, 0.1) is 6.92 Å². The van der Waals surface area contributed by atoms with Gasteiger partial charge in [-0.3, -0.25) is 9.59 Å². The minimum Gasteiger partial charge on any atom is -0.476 e. The number of carbonyl (C=O) groups is 2. The van der Waals surface area contributed by atoms with E-state index < -0.39 is 6.10 Å². The van der Waals surface area contributed by atoms with Gasteiger partial charge in [-0.05, 0) is 50.5 Å². The van der Waals surface area contributed by atoms with Gasteiger partial charge in [0.25, 0.3) is 5.91 Å². The molecule has 2 aromatic carbocycles. The zero-order chi connectivity index (χ0) is 20.2. The lowest BCUT2D eigenvalue weighted by atomic mass is 10.1. The Balaban J connectivity index is 1.49. The number of aryl methyl sites for hydroxylation is 1. The molecular formula is C23H26N2O3S. The summed E-state index contributed by atoms with van der Waals surface area (Å²) >= 11 is 1.52. The molecule has 4 rings (SSSR count). The third-order valence-electron chi connectivity index (χ3n) is 5.40. The molecule has 1 saturated heterocycles. The van der Waals surface area contributed by atoms with Crippen LogP contribution in [-0.2, 0) is 9.59 Å². The molecule has 0 saturated carbocycles. The Kier molecular flexibility index (Phi) is 6.09. The highest BCUT2D eigenvalue weighted by Gasteiger charge is 2.36. The monoisotopic (exact) mass is 410 g/mol. The summed E-state index contributed by atoms with van der Waals surface area (Å²) < 4.78 is 6.01. The number of nitrogens with zero attached hydrogens (tertiary/aromatic N) is 2. The maximum absolute atomic E-state index is 13.1. The van der Waals surface area contributed by atoms with Crippen LogP contribution in [0.25, 0.3) is 0 Å². The van der Waals surface area contributed by atoms with Crippen LogP contribution in [0.4, 0.5) is 5.69 Å². The Labute approximate surface area is 176 Å². The van der Waals surface area contributed by atoms with Gasteiger partial charge in [0.1, 0.15) is 5.75 Å². The van der Waals surface area contributed by atoms with Crippen molar-refractivity contribution in [3.63, 3.8) is 0 Å².